The third-order valence-electron chi connectivity index (χ3n) is 7.20. The van der Waals surface area contributed by atoms with Gasteiger partial charge in [0.2, 0.25) is 0 Å². The molecular weight excluding hydrogens is 544 g/mol. The van der Waals surface area contributed by atoms with Gasteiger partial charge in [-0.15, -0.1) is 0 Å². The van der Waals surface area contributed by atoms with E-state index < -0.39 is 29.8 Å². The summed E-state index contributed by atoms with van der Waals surface area (Å²) >= 11 is 0. The molecule has 5 rings (SSSR count). The number of carboxylic acids is 1. The first-order chi connectivity index (χ1) is 20.6. The zero-order valence-corrected chi connectivity index (χ0v) is 24.3. The first kappa shape index (κ1) is 29.4. The standard InChI is InChI=1S/C35H34N2O6/c1-35(2,3)43-34(41)36-30-15-9-8-10-24(30)23-18-16-22(17-19-23)20-31(32(38)39)37-33(40)42-21-29-27-13-6-4-11-25(27)26-12-5-7-14-28(26)29/h4-19,29,31H,20-21H2,1-3H3,(H,36,41)(H,37,40)(H,38,39)/t31-/m0/s1. The number of carboxylic acid groups (broad SMARTS) is 1. The van der Waals surface area contributed by atoms with Gasteiger partial charge in [-0.3, -0.25) is 5.32 Å². The normalized spacial score (nSPS) is 12.9. The lowest BCUT2D eigenvalue weighted by molar-refractivity contribution is -0.139. The van der Waals surface area contributed by atoms with Crippen molar-refractivity contribution in [3.8, 4) is 22.3 Å². The van der Waals surface area contributed by atoms with Crippen molar-refractivity contribution in [3.05, 3.63) is 114 Å². The molecular formula is C35H34N2O6. The number of alkyl carbamates (subject to hydrolysis) is 1. The highest BCUT2D eigenvalue weighted by atomic mass is 16.6. The molecule has 1 atom stereocenters. The van der Waals surface area contributed by atoms with Gasteiger partial charge in [-0.25, -0.2) is 14.4 Å². The summed E-state index contributed by atoms with van der Waals surface area (Å²) in [4.78, 5) is 37.1. The molecule has 1 aliphatic rings. The van der Waals surface area contributed by atoms with Crippen molar-refractivity contribution in [3.63, 3.8) is 0 Å². The summed E-state index contributed by atoms with van der Waals surface area (Å²) in [5.74, 6) is -1.29. The molecule has 0 aliphatic heterocycles. The number of anilines is 1. The number of para-hydroxylation sites is 1. The third kappa shape index (κ3) is 7.04. The molecule has 8 nitrogen and oxygen atoms in total. The number of amides is 2. The van der Waals surface area contributed by atoms with Crippen molar-refractivity contribution in [2.45, 2.75) is 44.8 Å². The van der Waals surface area contributed by atoms with Gasteiger partial charge in [0.25, 0.3) is 0 Å². The van der Waals surface area contributed by atoms with Crippen LogP contribution in [-0.2, 0) is 20.7 Å². The van der Waals surface area contributed by atoms with E-state index in [0.717, 1.165) is 33.4 Å². The van der Waals surface area contributed by atoms with Gasteiger partial charge < -0.3 is 19.9 Å². The minimum Gasteiger partial charge on any atom is -0.480 e. The maximum absolute atomic E-state index is 12.7. The summed E-state index contributed by atoms with van der Waals surface area (Å²) < 4.78 is 10.9. The summed E-state index contributed by atoms with van der Waals surface area (Å²) in [5.41, 5.74) is 6.67. The van der Waals surface area contributed by atoms with E-state index in [9.17, 15) is 19.5 Å². The Balaban J connectivity index is 1.22. The number of carbonyl (C=O) groups is 3. The van der Waals surface area contributed by atoms with Gasteiger partial charge in [-0.2, -0.15) is 0 Å². The minimum absolute atomic E-state index is 0.0671. The van der Waals surface area contributed by atoms with E-state index in [1.807, 2.05) is 66.7 Å². The molecule has 43 heavy (non-hydrogen) atoms. The molecule has 0 fully saturated rings. The van der Waals surface area contributed by atoms with Crippen LogP contribution in [0.5, 0.6) is 0 Å². The SMILES string of the molecule is CC(C)(C)OC(=O)Nc1ccccc1-c1ccc(C[C@H](NC(=O)OCC2c3ccccc3-c3ccccc32)C(=O)O)cc1. The lowest BCUT2D eigenvalue weighted by Crippen LogP contribution is -2.42. The van der Waals surface area contributed by atoms with Crippen molar-refractivity contribution in [1.82, 2.24) is 5.32 Å². The van der Waals surface area contributed by atoms with Crippen LogP contribution in [0.2, 0.25) is 0 Å². The van der Waals surface area contributed by atoms with E-state index in [1.165, 1.54) is 0 Å². The van der Waals surface area contributed by atoms with Gasteiger partial charge >= 0.3 is 18.2 Å². The molecule has 0 aromatic heterocycles. The predicted octanol–water partition coefficient (Wildman–Crippen LogP) is 7.24. The number of nitrogens with one attached hydrogen (secondary N) is 2. The largest absolute Gasteiger partial charge is 0.480 e. The van der Waals surface area contributed by atoms with Crippen molar-refractivity contribution in [1.29, 1.82) is 0 Å². The second-order valence-corrected chi connectivity index (χ2v) is 11.4. The van der Waals surface area contributed by atoms with Gasteiger partial charge in [0.1, 0.15) is 18.2 Å². The highest BCUT2D eigenvalue weighted by Crippen LogP contribution is 2.44. The second kappa shape index (κ2) is 12.4. The Morgan fingerprint density at radius 1 is 0.767 bits per heavy atom. The quantitative estimate of drug-likeness (QED) is 0.203. The molecule has 0 radical (unpaired) electrons. The highest BCUT2D eigenvalue weighted by molar-refractivity contribution is 5.91. The van der Waals surface area contributed by atoms with Crippen LogP contribution in [0, 0.1) is 0 Å². The van der Waals surface area contributed by atoms with Gasteiger partial charge in [-0.1, -0.05) is 91.0 Å². The van der Waals surface area contributed by atoms with Gasteiger partial charge in [-0.05, 0) is 60.2 Å². The summed E-state index contributed by atoms with van der Waals surface area (Å²) in [6.45, 7) is 5.48. The van der Waals surface area contributed by atoms with Crippen LogP contribution in [0.15, 0.2) is 97.1 Å². The van der Waals surface area contributed by atoms with Crippen LogP contribution in [0.1, 0.15) is 43.4 Å². The topological polar surface area (TPSA) is 114 Å². The van der Waals surface area contributed by atoms with E-state index in [4.69, 9.17) is 9.47 Å². The number of aliphatic carboxylic acids is 1. The molecule has 0 saturated heterocycles. The Morgan fingerprint density at radius 3 is 1.91 bits per heavy atom. The molecule has 0 unspecified atom stereocenters. The zero-order chi connectivity index (χ0) is 30.6. The van der Waals surface area contributed by atoms with Crippen LogP contribution >= 0.6 is 0 Å². The minimum atomic E-state index is -1.18. The maximum atomic E-state index is 12.7. The molecule has 0 saturated carbocycles. The lowest BCUT2D eigenvalue weighted by Gasteiger charge is -2.20. The Morgan fingerprint density at radius 2 is 1.33 bits per heavy atom. The molecule has 0 heterocycles. The Hall–Kier alpha value is -5.11. The van der Waals surface area contributed by atoms with Gasteiger partial charge in [0, 0.05) is 17.9 Å². The monoisotopic (exact) mass is 578 g/mol. The maximum Gasteiger partial charge on any atom is 0.412 e. The Kier molecular flexibility index (Phi) is 8.48. The number of ether oxygens (including phenoxy) is 2. The average Bonchev–Trinajstić information content (AvgIpc) is 3.29. The van der Waals surface area contributed by atoms with Crippen LogP contribution in [-0.4, -0.2) is 41.5 Å². The number of carbonyl (C=O) groups excluding carboxylic acids is 2. The average molecular weight is 579 g/mol. The fourth-order valence-corrected chi connectivity index (χ4v) is 5.30. The molecule has 1 aliphatic carbocycles. The molecule has 4 aromatic carbocycles. The molecule has 0 bridgehead atoms. The fourth-order valence-electron chi connectivity index (χ4n) is 5.30. The van der Waals surface area contributed by atoms with Crippen LogP contribution in [0.4, 0.5) is 15.3 Å². The van der Waals surface area contributed by atoms with E-state index in [1.54, 1.807) is 39.0 Å². The number of hydrogen-bond acceptors (Lipinski definition) is 5. The number of fused-ring (bicyclic) bond motifs is 3. The van der Waals surface area contributed by atoms with Crippen LogP contribution < -0.4 is 10.6 Å². The van der Waals surface area contributed by atoms with Crippen molar-refractivity contribution in [2.75, 3.05) is 11.9 Å². The lowest BCUT2D eigenvalue weighted by atomic mass is 9.98. The molecule has 2 amide bonds. The smallest absolute Gasteiger partial charge is 0.412 e. The van der Waals surface area contributed by atoms with Gasteiger partial charge in [0.15, 0.2) is 0 Å². The first-order valence-electron chi connectivity index (χ1n) is 14.1. The number of rotatable bonds is 8. The van der Waals surface area contributed by atoms with Crippen molar-refractivity contribution >= 4 is 23.8 Å². The summed E-state index contributed by atoms with van der Waals surface area (Å²) in [7, 11) is 0. The summed E-state index contributed by atoms with van der Waals surface area (Å²) in [6, 6.07) is 29.5. The Bertz CT molecular complexity index is 1600. The van der Waals surface area contributed by atoms with Crippen LogP contribution in [0.3, 0.4) is 0 Å². The molecule has 0 spiro atoms. The highest BCUT2D eigenvalue weighted by Gasteiger charge is 2.30. The summed E-state index contributed by atoms with van der Waals surface area (Å²) in [6.07, 6.45) is -1.27. The van der Waals surface area contributed by atoms with Crippen molar-refractivity contribution in [2.24, 2.45) is 0 Å². The second-order valence-electron chi connectivity index (χ2n) is 11.4. The third-order valence-corrected chi connectivity index (χ3v) is 7.20. The fraction of sp³-hybridized carbons (Fsp3) is 0.229. The Labute approximate surface area is 250 Å². The van der Waals surface area contributed by atoms with E-state index in [2.05, 4.69) is 22.8 Å². The number of hydrogen-bond donors (Lipinski definition) is 3. The molecule has 8 heteroatoms. The summed E-state index contributed by atoms with van der Waals surface area (Å²) in [5, 5.41) is 15.1. The molecule has 4 aromatic rings. The van der Waals surface area contributed by atoms with Crippen LogP contribution in [0.25, 0.3) is 22.3 Å². The molecule has 3 N–H and O–H groups in total. The van der Waals surface area contributed by atoms with E-state index >= 15 is 0 Å². The predicted molar refractivity (Wildman–Crippen MR) is 165 cm³/mol. The first-order valence-corrected chi connectivity index (χ1v) is 14.1. The van der Waals surface area contributed by atoms with E-state index in [0.29, 0.717) is 11.3 Å². The van der Waals surface area contributed by atoms with E-state index in [-0.39, 0.29) is 18.9 Å². The van der Waals surface area contributed by atoms with Crippen molar-refractivity contribution < 1.29 is 29.0 Å². The number of benzene rings is 4. The molecule has 220 valence electrons. The van der Waals surface area contributed by atoms with Gasteiger partial charge in [0.05, 0.1) is 5.69 Å². The zero-order valence-electron chi connectivity index (χ0n) is 24.3.